The Labute approximate surface area is 120 Å². The first-order valence-electron chi connectivity index (χ1n) is 6.72. The van der Waals surface area contributed by atoms with Crippen LogP contribution < -0.4 is 5.32 Å². The van der Waals surface area contributed by atoms with E-state index in [1.807, 2.05) is 20.8 Å². The molecule has 20 heavy (non-hydrogen) atoms. The van der Waals surface area contributed by atoms with Gasteiger partial charge in [-0.05, 0) is 13.5 Å². The summed E-state index contributed by atoms with van der Waals surface area (Å²) < 4.78 is 31.9. The van der Waals surface area contributed by atoms with Crippen LogP contribution in [0.3, 0.4) is 0 Å². The molecule has 0 radical (unpaired) electrons. The number of aromatic nitrogens is 2. The summed E-state index contributed by atoms with van der Waals surface area (Å²) in [7, 11) is -2.04. The molecule has 1 atom stereocenters. The number of rotatable bonds is 9. The Morgan fingerprint density at radius 1 is 1.50 bits per heavy atom. The van der Waals surface area contributed by atoms with Gasteiger partial charge in [-0.15, -0.1) is 0 Å². The van der Waals surface area contributed by atoms with Gasteiger partial charge in [-0.25, -0.2) is 8.42 Å². The number of nitrogens with zero attached hydrogens (tertiary/aromatic N) is 2. The molecule has 0 fully saturated rings. The topological polar surface area (TPSA) is 87.3 Å². The molecule has 1 heterocycles. The Bertz CT molecular complexity index is 501. The molecule has 0 amide bonds. The molecule has 0 aliphatic rings. The molecule has 116 valence electrons. The quantitative estimate of drug-likeness (QED) is 0.696. The summed E-state index contributed by atoms with van der Waals surface area (Å²) in [6.45, 7) is 7.57. The summed E-state index contributed by atoms with van der Waals surface area (Å²) >= 11 is 0. The van der Waals surface area contributed by atoms with Gasteiger partial charge in [-0.1, -0.05) is 13.8 Å². The minimum Gasteiger partial charge on any atom is -0.383 e. The Morgan fingerprint density at radius 2 is 2.20 bits per heavy atom. The van der Waals surface area contributed by atoms with Crippen molar-refractivity contribution in [2.45, 2.75) is 38.4 Å². The molecule has 0 bridgehead atoms. The van der Waals surface area contributed by atoms with E-state index in [4.69, 9.17) is 4.74 Å². The second kappa shape index (κ2) is 7.72. The molecule has 0 saturated carbocycles. The van der Waals surface area contributed by atoms with Crippen LogP contribution in [0.25, 0.3) is 0 Å². The zero-order chi connectivity index (χ0) is 15.2. The number of sulfonamides is 1. The van der Waals surface area contributed by atoms with Crippen molar-refractivity contribution in [1.82, 2.24) is 19.8 Å². The monoisotopic (exact) mass is 304 g/mol. The van der Waals surface area contributed by atoms with E-state index >= 15 is 0 Å². The number of H-pyrrole nitrogens is 1. The molecular weight excluding hydrogens is 280 g/mol. The highest BCUT2D eigenvalue weighted by Crippen LogP contribution is 2.19. The summed E-state index contributed by atoms with van der Waals surface area (Å²) in [6, 6.07) is -0.231. The lowest BCUT2D eigenvalue weighted by atomic mass is 10.3. The van der Waals surface area contributed by atoms with Gasteiger partial charge in [-0.3, -0.25) is 5.10 Å². The van der Waals surface area contributed by atoms with Gasteiger partial charge >= 0.3 is 0 Å². The van der Waals surface area contributed by atoms with Gasteiger partial charge in [0.15, 0.2) is 5.03 Å². The van der Waals surface area contributed by atoms with Gasteiger partial charge in [0, 0.05) is 31.8 Å². The molecular formula is C12H24N4O3S. The molecule has 1 rings (SSSR count). The number of hydrogen-bond donors (Lipinski definition) is 2. The number of nitrogens with one attached hydrogen (secondary N) is 2. The molecule has 0 aromatic carbocycles. The van der Waals surface area contributed by atoms with Crippen LogP contribution in [0.4, 0.5) is 0 Å². The van der Waals surface area contributed by atoms with Crippen molar-refractivity contribution in [1.29, 1.82) is 0 Å². The molecule has 0 aliphatic carbocycles. The predicted octanol–water partition coefficient (Wildman–Crippen LogP) is 0.565. The SMILES string of the molecule is CCNCc1cn[nH]c1S(=O)(=O)N(CC)C(C)COC. The Balaban J connectivity index is 3.05. The molecule has 0 saturated heterocycles. The van der Waals surface area contributed by atoms with E-state index in [0.29, 0.717) is 25.3 Å². The van der Waals surface area contributed by atoms with Gasteiger partial charge in [0.1, 0.15) is 0 Å². The highest BCUT2D eigenvalue weighted by Gasteiger charge is 2.31. The van der Waals surface area contributed by atoms with Gasteiger partial charge in [0.2, 0.25) is 0 Å². The van der Waals surface area contributed by atoms with E-state index in [9.17, 15) is 8.42 Å². The lowest BCUT2D eigenvalue weighted by Crippen LogP contribution is -2.41. The third-order valence-electron chi connectivity index (χ3n) is 3.02. The number of ether oxygens (including phenoxy) is 1. The second-order valence-corrected chi connectivity index (χ2v) is 6.34. The summed E-state index contributed by atoms with van der Waals surface area (Å²) in [5.41, 5.74) is 0.648. The molecule has 1 aromatic rings. The lowest BCUT2D eigenvalue weighted by Gasteiger charge is -2.26. The van der Waals surface area contributed by atoms with Crippen LogP contribution in [-0.2, 0) is 21.3 Å². The molecule has 1 aromatic heterocycles. The zero-order valence-corrected chi connectivity index (χ0v) is 13.3. The number of aromatic amines is 1. The normalized spacial score (nSPS) is 13.8. The van der Waals surface area contributed by atoms with Gasteiger partial charge in [0.05, 0.1) is 12.8 Å². The van der Waals surface area contributed by atoms with Crippen LogP contribution in [0, 0.1) is 0 Å². The first-order chi connectivity index (χ1) is 9.48. The Morgan fingerprint density at radius 3 is 2.75 bits per heavy atom. The maximum atomic E-state index is 12.7. The van der Waals surface area contributed by atoms with Gasteiger partial charge in [-0.2, -0.15) is 9.40 Å². The summed E-state index contributed by atoms with van der Waals surface area (Å²) in [5, 5.41) is 9.73. The fourth-order valence-electron chi connectivity index (χ4n) is 2.07. The average molecular weight is 304 g/mol. The smallest absolute Gasteiger partial charge is 0.260 e. The van der Waals surface area contributed by atoms with E-state index in [1.165, 1.54) is 4.31 Å². The highest BCUT2D eigenvalue weighted by atomic mass is 32.2. The number of hydrogen-bond acceptors (Lipinski definition) is 5. The largest absolute Gasteiger partial charge is 0.383 e. The molecule has 0 spiro atoms. The van der Waals surface area contributed by atoms with E-state index in [2.05, 4.69) is 15.5 Å². The van der Waals surface area contributed by atoms with Crippen molar-refractivity contribution >= 4 is 10.0 Å². The second-order valence-electron chi connectivity index (χ2n) is 4.52. The minimum atomic E-state index is -3.60. The van der Waals surface area contributed by atoms with Crippen LogP contribution >= 0.6 is 0 Å². The van der Waals surface area contributed by atoms with E-state index in [1.54, 1.807) is 13.3 Å². The zero-order valence-electron chi connectivity index (χ0n) is 12.5. The van der Waals surface area contributed by atoms with Crippen molar-refractivity contribution in [3.8, 4) is 0 Å². The third-order valence-corrected chi connectivity index (χ3v) is 5.13. The standard InChI is InChI=1S/C12H24N4O3S/c1-5-13-7-11-8-14-15-12(11)20(17,18)16(6-2)10(3)9-19-4/h8,10,13H,5-7,9H2,1-4H3,(H,14,15). The van der Waals surface area contributed by atoms with Crippen LogP contribution in [0.1, 0.15) is 26.3 Å². The van der Waals surface area contributed by atoms with Crippen molar-refractivity contribution in [3.63, 3.8) is 0 Å². The van der Waals surface area contributed by atoms with Crippen LogP contribution in [0.15, 0.2) is 11.2 Å². The summed E-state index contributed by atoms with van der Waals surface area (Å²) in [5.74, 6) is 0. The molecule has 2 N–H and O–H groups in total. The first kappa shape index (κ1) is 17.1. The average Bonchev–Trinajstić information content (AvgIpc) is 2.86. The number of methoxy groups -OCH3 is 1. The Hall–Kier alpha value is -0.960. The third kappa shape index (κ3) is 3.78. The first-order valence-corrected chi connectivity index (χ1v) is 8.16. The summed E-state index contributed by atoms with van der Waals surface area (Å²) in [6.07, 6.45) is 1.55. The summed E-state index contributed by atoms with van der Waals surface area (Å²) in [4.78, 5) is 0. The maximum absolute atomic E-state index is 12.7. The van der Waals surface area contributed by atoms with E-state index in [-0.39, 0.29) is 11.1 Å². The van der Waals surface area contributed by atoms with E-state index < -0.39 is 10.0 Å². The van der Waals surface area contributed by atoms with E-state index in [0.717, 1.165) is 6.54 Å². The Kier molecular flexibility index (Phi) is 6.60. The number of likely N-dealkylation sites (N-methyl/N-ethyl adjacent to an activating group) is 1. The lowest BCUT2D eigenvalue weighted by molar-refractivity contribution is 0.142. The fourth-order valence-corrected chi connectivity index (χ4v) is 3.80. The van der Waals surface area contributed by atoms with Crippen molar-refractivity contribution in [2.75, 3.05) is 26.8 Å². The van der Waals surface area contributed by atoms with Crippen molar-refractivity contribution in [2.24, 2.45) is 0 Å². The maximum Gasteiger partial charge on any atom is 0.260 e. The molecule has 1 unspecified atom stereocenters. The minimum absolute atomic E-state index is 0.156. The molecule has 8 heteroatoms. The molecule has 0 aliphatic heterocycles. The predicted molar refractivity (Wildman–Crippen MR) is 76.9 cm³/mol. The van der Waals surface area contributed by atoms with Crippen LogP contribution in [0.2, 0.25) is 0 Å². The fraction of sp³-hybridized carbons (Fsp3) is 0.750. The van der Waals surface area contributed by atoms with Crippen molar-refractivity contribution < 1.29 is 13.2 Å². The van der Waals surface area contributed by atoms with Crippen LogP contribution in [0.5, 0.6) is 0 Å². The highest BCUT2D eigenvalue weighted by molar-refractivity contribution is 7.89. The molecule has 7 nitrogen and oxygen atoms in total. The van der Waals surface area contributed by atoms with Gasteiger partial charge < -0.3 is 10.1 Å². The van der Waals surface area contributed by atoms with Crippen molar-refractivity contribution in [3.05, 3.63) is 11.8 Å². The van der Waals surface area contributed by atoms with Gasteiger partial charge in [0.25, 0.3) is 10.0 Å². The van der Waals surface area contributed by atoms with Crippen LogP contribution in [-0.4, -0.2) is 55.8 Å².